The van der Waals surface area contributed by atoms with E-state index < -0.39 is 49.1 Å². The molecule has 0 bridgehead atoms. The fraction of sp³-hybridized carbons (Fsp3) is 0.308. The van der Waals surface area contributed by atoms with E-state index in [2.05, 4.69) is 8.92 Å². The van der Waals surface area contributed by atoms with Crippen LogP contribution in [0.25, 0.3) is 0 Å². The number of hydrogen-bond acceptors (Lipinski definition) is 8. The number of methoxy groups -OCH3 is 1. The number of allylic oxidation sites excluding steroid dienone is 1. The first-order chi connectivity index (χ1) is 11.8. The second-order valence-electron chi connectivity index (χ2n) is 4.90. The minimum Gasteiger partial charge on any atom is -0.493 e. The highest BCUT2D eigenvalue weighted by molar-refractivity contribution is 7.88. The van der Waals surface area contributed by atoms with Gasteiger partial charge in [-0.1, -0.05) is 0 Å². The molecule has 1 aromatic carbocycles. The highest BCUT2D eigenvalue weighted by atomic mass is 32.2. The molecular formula is C13H13F3N2O7S. The van der Waals surface area contributed by atoms with Crippen LogP contribution in [0, 0.1) is 10.1 Å². The lowest BCUT2D eigenvalue weighted by atomic mass is 10.1. The molecule has 144 valence electrons. The van der Waals surface area contributed by atoms with E-state index in [0.717, 1.165) is 19.3 Å². The predicted octanol–water partition coefficient (Wildman–Crippen LogP) is 2.09. The zero-order valence-electron chi connectivity index (χ0n) is 13.6. The SMILES string of the molecule is COc1cc(C(=O)/C=C/N(C)C)c([N+](=O)[O-])cc1OS(=O)(=O)C(F)(F)F. The predicted molar refractivity (Wildman–Crippen MR) is 82.4 cm³/mol. The lowest BCUT2D eigenvalue weighted by Crippen LogP contribution is -2.28. The Morgan fingerprint density at radius 2 is 1.85 bits per heavy atom. The van der Waals surface area contributed by atoms with Crippen LogP contribution in [0.2, 0.25) is 0 Å². The third kappa shape index (κ3) is 4.84. The first-order valence-electron chi connectivity index (χ1n) is 6.56. The molecule has 0 atom stereocenters. The third-order valence-electron chi connectivity index (χ3n) is 2.75. The highest BCUT2D eigenvalue weighted by Gasteiger charge is 2.49. The Morgan fingerprint density at radius 3 is 2.27 bits per heavy atom. The summed E-state index contributed by atoms with van der Waals surface area (Å²) >= 11 is 0. The second-order valence-corrected chi connectivity index (χ2v) is 6.44. The Balaban J connectivity index is 3.52. The molecule has 0 radical (unpaired) electrons. The molecule has 0 saturated carbocycles. The summed E-state index contributed by atoms with van der Waals surface area (Å²) in [6.45, 7) is 0. The fourth-order valence-corrected chi connectivity index (χ4v) is 2.06. The van der Waals surface area contributed by atoms with E-state index >= 15 is 0 Å². The van der Waals surface area contributed by atoms with Gasteiger partial charge < -0.3 is 13.8 Å². The molecular weight excluding hydrogens is 385 g/mol. The Bertz CT molecular complexity index is 848. The zero-order chi connectivity index (χ0) is 20.3. The van der Waals surface area contributed by atoms with Crippen molar-refractivity contribution in [1.29, 1.82) is 0 Å². The molecule has 0 aliphatic heterocycles. The minimum atomic E-state index is -6.09. The summed E-state index contributed by atoms with van der Waals surface area (Å²) in [6, 6.07) is 1.10. The molecule has 26 heavy (non-hydrogen) atoms. The van der Waals surface area contributed by atoms with Gasteiger partial charge in [-0.05, 0) is 0 Å². The first kappa shape index (κ1) is 21.2. The molecule has 0 fully saturated rings. The molecule has 0 spiro atoms. The van der Waals surface area contributed by atoms with Crippen LogP contribution in [0.5, 0.6) is 11.5 Å². The summed E-state index contributed by atoms with van der Waals surface area (Å²) in [4.78, 5) is 23.6. The fourth-order valence-electron chi connectivity index (χ4n) is 1.59. The molecule has 0 saturated heterocycles. The monoisotopic (exact) mass is 398 g/mol. The number of nitro benzene ring substituents is 1. The molecule has 1 rings (SSSR count). The largest absolute Gasteiger partial charge is 0.534 e. The summed E-state index contributed by atoms with van der Waals surface area (Å²) in [5, 5.41) is 11.1. The lowest BCUT2D eigenvalue weighted by molar-refractivity contribution is -0.385. The van der Waals surface area contributed by atoms with Crippen molar-refractivity contribution in [2.45, 2.75) is 5.51 Å². The van der Waals surface area contributed by atoms with E-state index in [4.69, 9.17) is 0 Å². The van der Waals surface area contributed by atoms with Crippen LogP contribution in [0.1, 0.15) is 10.4 Å². The summed E-state index contributed by atoms with van der Waals surface area (Å²) in [5.41, 5.74) is -7.23. The van der Waals surface area contributed by atoms with Crippen molar-refractivity contribution < 1.29 is 40.2 Å². The topological polar surface area (TPSA) is 116 Å². The van der Waals surface area contributed by atoms with Crippen molar-refractivity contribution in [2.24, 2.45) is 0 Å². The van der Waals surface area contributed by atoms with Crippen LogP contribution >= 0.6 is 0 Å². The summed E-state index contributed by atoms with van der Waals surface area (Å²) < 4.78 is 68.1. The molecule has 0 N–H and O–H groups in total. The van der Waals surface area contributed by atoms with E-state index in [0.29, 0.717) is 6.07 Å². The van der Waals surface area contributed by atoms with Gasteiger partial charge in [0.05, 0.1) is 18.1 Å². The van der Waals surface area contributed by atoms with Crippen LogP contribution in [0.15, 0.2) is 24.4 Å². The van der Waals surface area contributed by atoms with Gasteiger partial charge in [0.25, 0.3) is 5.69 Å². The van der Waals surface area contributed by atoms with E-state index in [1.165, 1.54) is 11.1 Å². The number of carbonyl (C=O) groups excluding carboxylic acids is 1. The summed E-state index contributed by atoms with van der Waals surface area (Å²) in [6.07, 6.45) is 2.27. The second kappa shape index (κ2) is 7.59. The van der Waals surface area contributed by atoms with Crippen molar-refractivity contribution in [3.8, 4) is 11.5 Å². The number of carbonyl (C=O) groups is 1. The van der Waals surface area contributed by atoms with Crippen LogP contribution in [-0.2, 0) is 10.1 Å². The normalized spacial score (nSPS) is 12.1. The molecule has 0 heterocycles. The van der Waals surface area contributed by atoms with Crippen molar-refractivity contribution in [3.63, 3.8) is 0 Å². The minimum absolute atomic E-state index is 0.374. The number of ether oxygens (including phenoxy) is 1. The number of nitro groups is 1. The van der Waals surface area contributed by atoms with Gasteiger partial charge in [-0.2, -0.15) is 21.6 Å². The number of halogens is 3. The number of benzene rings is 1. The standard InChI is InChI=1S/C13H13F3N2O7S/c1-17(2)5-4-10(19)8-6-11(24-3)12(7-9(8)18(20)21)25-26(22,23)13(14,15)16/h4-7H,1-3H3/b5-4+. The summed E-state index contributed by atoms with van der Waals surface area (Å²) in [5.74, 6) is -2.54. The molecule has 13 heteroatoms. The van der Waals surface area contributed by atoms with Crippen molar-refractivity contribution >= 4 is 21.6 Å². The average Bonchev–Trinajstić information content (AvgIpc) is 2.50. The smallest absolute Gasteiger partial charge is 0.493 e. The van der Waals surface area contributed by atoms with Gasteiger partial charge in [0, 0.05) is 32.4 Å². The number of rotatable bonds is 7. The Hall–Kier alpha value is -2.83. The van der Waals surface area contributed by atoms with Crippen molar-refractivity contribution in [1.82, 2.24) is 4.90 Å². The first-order valence-corrected chi connectivity index (χ1v) is 7.97. The van der Waals surface area contributed by atoms with Crippen molar-refractivity contribution in [3.05, 3.63) is 40.1 Å². The molecule has 0 aliphatic rings. The Labute approximate surface area is 145 Å². The zero-order valence-corrected chi connectivity index (χ0v) is 14.4. The summed E-state index contributed by atoms with van der Waals surface area (Å²) in [7, 11) is -1.97. The number of hydrogen-bond donors (Lipinski definition) is 0. The van der Waals surface area contributed by atoms with Crippen LogP contribution < -0.4 is 8.92 Å². The average molecular weight is 398 g/mol. The maximum absolute atomic E-state index is 12.4. The maximum atomic E-state index is 12.4. The van der Waals surface area contributed by atoms with Crippen molar-refractivity contribution in [2.75, 3.05) is 21.2 Å². The van der Waals surface area contributed by atoms with E-state index in [1.54, 1.807) is 14.1 Å². The quantitative estimate of drug-likeness (QED) is 0.171. The van der Waals surface area contributed by atoms with Gasteiger partial charge in [0.1, 0.15) is 5.56 Å². The molecule has 0 aromatic heterocycles. The third-order valence-corrected chi connectivity index (χ3v) is 3.72. The highest BCUT2D eigenvalue weighted by Crippen LogP contribution is 2.38. The Morgan fingerprint density at radius 1 is 1.27 bits per heavy atom. The van der Waals surface area contributed by atoms with Gasteiger partial charge >= 0.3 is 15.6 Å². The molecule has 0 unspecified atom stereocenters. The van der Waals surface area contributed by atoms with Crippen LogP contribution in [0.4, 0.5) is 18.9 Å². The number of alkyl halides is 3. The van der Waals surface area contributed by atoms with E-state index in [-0.39, 0.29) is 0 Å². The van der Waals surface area contributed by atoms with Gasteiger partial charge in [-0.25, -0.2) is 0 Å². The molecule has 1 aromatic rings. The lowest BCUT2D eigenvalue weighted by Gasteiger charge is -2.13. The number of nitrogens with zero attached hydrogens (tertiary/aromatic N) is 2. The van der Waals surface area contributed by atoms with Crippen LogP contribution in [0.3, 0.4) is 0 Å². The molecule has 0 aliphatic carbocycles. The molecule has 9 nitrogen and oxygen atoms in total. The van der Waals surface area contributed by atoms with Gasteiger partial charge in [-0.3, -0.25) is 14.9 Å². The van der Waals surface area contributed by atoms with Gasteiger partial charge in [0.15, 0.2) is 17.3 Å². The van der Waals surface area contributed by atoms with E-state index in [1.807, 2.05) is 0 Å². The maximum Gasteiger partial charge on any atom is 0.534 e. The van der Waals surface area contributed by atoms with Crippen LogP contribution in [-0.4, -0.2) is 50.7 Å². The Kier molecular flexibility index (Phi) is 6.20. The number of ketones is 1. The molecule has 0 amide bonds. The van der Waals surface area contributed by atoms with Gasteiger partial charge in [0.2, 0.25) is 0 Å². The van der Waals surface area contributed by atoms with E-state index in [9.17, 15) is 36.5 Å². The van der Waals surface area contributed by atoms with Gasteiger partial charge in [-0.15, -0.1) is 0 Å².